The van der Waals surface area contributed by atoms with Crippen molar-refractivity contribution in [1.29, 1.82) is 0 Å². The third kappa shape index (κ3) is 3.87. The van der Waals surface area contributed by atoms with Crippen LogP contribution in [0.5, 0.6) is 0 Å². The fraction of sp³-hybridized carbons (Fsp3) is 0.0435. The first kappa shape index (κ1) is 19.6. The summed E-state index contributed by atoms with van der Waals surface area (Å²) in [6.07, 6.45) is 3.81. The maximum atomic E-state index is 13.1. The summed E-state index contributed by atoms with van der Waals surface area (Å²) in [6.45, 7) is 0. The van der Waals surface area contributed by atoms with Crippen molar-refractivity contribution in [2.45, 2.75) is 0 Å². The van der Waals surface area contributed by atoms with E-state index in [-0.39, 0.29) is 5.91 Å². The number of fused-ring (bicyclic) bond motifs is 1. The van der Waals surface area contributed by atoms with Gasteiger partial charge in [-0.05, 0) is 24.3 Å². The minimum absolute atomic E-state index is 0.162. The molecule has 5 aromatic rings. The fourth-order valence-electron chi connectivity index (χ4n) is 3.20. The van der Waals surface area contributed by atoms with Crippen LogP contribution in [0.25, 0.3) is 27.5 Å². The van der Waals surface area contributed by atoms with E-state index in [2.05, 4.69) is 31.1 Å². The first-order chi connectivity index (χ1) is 15.1. The molecule has 0 saturated heterocycles. The highest BCUT2D eigenvalue weighted by Gasteiger charge is 2.19. The number of nitrogens with zero attached hydrogens (tertiary/aromatic N) is 5. The van der Waals surface area contributed by atoms with E-state index in [1.165, 1.54) is 16.2 Å². The highest BCUT2D eigenvalue weighted by molar-refractivity contribution is 9.10. The number of imidazole rings is 1. The molecule has 152 valence electrons. The lowest BCUT2D eigenvalue weighted by atomic mass is 10.2. The Morgan fingerprint density at radius 2 is 1.77 bits per heavy atom. The van der Waals surface area contributed by atoms with E-state index in [1.807, 2.05) is 71.4 Å². The molecular formula is C23H16BrN5OS. The van der Waals surface area contributed by atoms with Crippen molar-refractivity contribution >= 4 is 44.0 Å². The predicted molar refractivity (Wildman–Crippen MR) is 126 cm³/mol. The molecule has 6 nitrogen and oxygen atoms in total. The molecule has 0 radical (unpaired) electrons. The summed E-state index contributed by atoms with van der Waals surface area (Å²) >= 11 is 4.81. The van der Waals surface area contributed by atoms with E-state index in [0.29, 0.717) is 16.3 Å². The van der Waals surface area contributed by atoms with Crippen LogP contribution in [0.15, 0.2) is 83.6 Å². The van der Waals surface area contributed by atoms with Crippen LogP contribution in [-0.2, 0) is 0 Å². The standard InChI is InChI=1S/C23H16BrN5OS/c1-28(23-27-26-21(31-23)16-7-9-18(24)10-8-16)22(30)17-11-12-29-14-19(25-20(29)13-17)15-5-3-2-4-6-15/h2-14H,1H3. The number of halogens is 1. The van der Waals surface area contributed by atoms with Gasteiger partial charge in [0.15, 0.2) is 0 Å². The van der Waals surface area contributed by atoms with Crippen LogP contribution < -0.4 is 4.90 Å². The normalized spacial score (nSPS) is 11.0. The molecular weight excluding hydrogens is 474 g/mol. The molecule has 31 heavy (non-hydrogen) atoms. The number of benzene rings is 2. The largest absolute Gasteiger partial charge is 0.306 e. The van der Waals surface area contributed by atoms with Gasteiger partial charge in [-0.1, -0.05) is 69.7 Å². The number of anilines is 1. The molecule has 3 heterocycles. The zero-order valence-corrected chi connectivity index (χ0v) is 18.8. The van der Waals surface area contributed by atoms with Gasteiger partial charge in [-0.15, -0.1) is 10.2 Å². The molecule has 0 bridgehead atoms. The van der Waals surface area contributed by atoms with Crippen molar-refractivity contribution in [2.75, 3.05) is 11.9 Å². The van der Waals surface area contributed by atoms with Gasteiger partial charge < -0.3 is 4.40 Å². The maximum Gasteiger partial charge on any atom is 0.260 e. The lowest BCUT2D eigenvalue weighted by Crippen LogP contribution is -2.26. The van der Waals surface area contributed by atoms with Crippen molar-refractivity contribution in [1.82, 2.24) is 19.6 Å². The van der Waals surface area contributed by atoms with Gasteiger partial charge in [0.25, 0.3) is 5.91 Å². The SMILES string of the molecule is CN(C(=O)c1ccn2cc(-c3ccccc3)nc2c1)c1nnc(-c2ccc(Br)cc2)s1. The molecule has 0 aliphatic carbocycles. The van der Waals surface area contributed by atoms with Gasteiger partial charge in [-0.2, -0.15) is 0 Å². The Bertz CT molecular complexity index is 1380. The van der Waals surface area contributed by atoms with Crippen LogP contribution in [-0.4, -0.2) is 32.5 Å². The third-order valence-electron chi connectivity index (χ3n) is 4.87. The summed E-state index contributed by atoms with van der Waals surface area (Å²) < 4.78 is 2.91. The van der Waals surface area contributed by atoms with Gasteiger partial charge in [-0.3, -0.25) is 9.69 Å². The number of amides is 1. The topological polar surface area (TPSA) is 63.4 Å². The number of pyridine rings is 1. The lowest BCUT2D eigenvalue weighted by Gasteiger charge is -2.13. The van der Waals surface area contributed by atoms with Gasteiger partial charge in [0.2, 0.25) is 5.13 Å². The smallest absolute Gasteiger partial charge is 0.260 e. The van der Waals surface area contributed by atoms with Gasteiger partial charge in [0.1, 0.15) is 10.7 Å². The zero-order chi connectivity index (χ0) is 21.4. The molecule has 5 rings (SSSR count). The van der Waals surface area contributed by atoms with Crippen LogP contribution in [0, 0.1) is 0 Å². The van der Waals surface area contributed by atoms with Crippen LogP contribution in [0.2, 0.25) is 0 Å². The zero-order valence-electron chi connectivity index (χ0n) is 16.4. The second-order valence-electron chi connectivity index (χ2n) is 6.93. The van der Waals surface area contributed by atoms with Crippen LogP contribution >= 0.6 is 27.3 Å². The Balaban J connectivity index is 1.41. The predicted octanol–water partition coefficient (Wildman–Crippen LogP) is 5.56. The monoisotopic (exact) mass is 489 g/mol. The number of carbonyl (C=O) groups is 1. The first-order valence-electron chi connectivity index (χ1n) is 9.50. The molecule has 0 spiro atoms. The van der Waals surface area contributed by atoms with Gasteiger partial charge in [0.05, 0.1) is 5.69 Å². The molecule has 1 amide bonds. The van der Waals surface area contributed by atoms with Crippen LogP contribution in [0.1, 0.15) is 10.4 Å². The summed E-state index contributed by atoms with van der Waals surface area (Å²) in [7, 11) is 1.71. The van der Waals surface area contributed by atoms with Gasteiger partial charge in [-0.25, -0.2) is 4.98 Å². The molecule has 0 atom stereocenters. The Labute approximate surface area is 191 Å². The highest BCUT2D eigenvalue weighted by Crippen LogP contribution is 2.30. The van der Waals surface area contributed by atoms with Crippen molar-refractivity contribution in [3.63, 3.8) is 0 Å². The average Bonchev–Trinajstić information content (AvgIpc) is 3.46. The van der Waals surface area contributed by atoms with Crippen molar-refractivity contribution in [3.8, 4) is 21.8 Å². The average molecular weight is 490 g/mol. The molecule has 0 aliphatic heterocycles. The quantitative estimate of drug-likeness (QED) is 0.331. The Morgan fingerprint density at radius 1 is 1.00 bits per heavy atom. The van der Waals surface area contributed by atoms with E-state index in [9.17, 15) is 4.79 Å². The van der Waals surface area contributed by atoms with Gasteiger partial charge >= 0.3 is 0 Å². The second kappa shape index (κ2) is 8.05. The number of carbonyl (C=O) groups excluding carboxylic acids is 1. The van der Waals surface area contributed by atoms with E-state index < -0.39 is 0 Å². The molecule has 0 N–H and O–H groups in total. The Kier molecular flexibility index (Phi) is 5.09. The molecule has 3 aromatic heterocycles. The molecule has 0 unspecified atom stereocenters. The van der Waals surface area contributed by atoms with Crippen molar-refractivity contribution in [3.05, 3.63) is 89.2 Å². The molecule has 8 heteroatoms. The Morgan fingerprint density at radius 3 is 2.55 bits per heavy atom. The van der Waals surface area contributed by atoms with E-state index >= 15 is 0 Å². The van der Waals surface area contributed by atoms with Crippen molar-refractivity contribution < 1.29 is 4.79 Å². The number of rotatable bonds is 4. The summed E-state index contributed by atoms with van der Waals surface area (Å²) in [5.74, 6) is -0.162. The molecule has 0 saturated carbocycles. The lowest BCUT2D eigenvalue weighted by molar-refractivity contribution is 0.0993. The minimum Gasteiger partial charge on any atom is -0.306 e. The van der Waals surface area contributed by atoms with Gasteiger partial charge in [0, 0.05) is 40.6 Å². The molecule has 0 aliphatic rings. The number of aromatic nitrogens is 4. The van der Waals surface area contributed by atoms with E-state index in [0.717, 1.165) is 26.3 Å². The first-order valence-corrected chi connectivity index (χ1v) is 11.1. The van der Waals surface area contributed by atoms with Crippen LogP contribution in [0.4, 0.5) is 5.13 Å². The summed E-state index contributed by atoms with van der Waals surface area (Å²) in [5.41, 5.74) is 4.11. The third-order valence-corrected chi connectivity index (χ3v) is 6.45. The van der Waals surface area contributed by atoms with Crippen molar-refractivity contribution in [2.24, 2.45) is 0 Å². The Hall–Kier alpha value is -3.36. The highest BCUT2D eigenvalue weighted by atomic mass is 79.9. The fourth-order valence-corrected chi connectivity index (χ4v) is 4.28. The maximum absolute atomic E-state index is 13.1. The van der Waals surface area contributed by atoms with E-state index in [4.69, 9.17) is 0 Å². The van der Waals surface area contributed by atoms with Crippen LogP contribution in [0.3, 0.4) is 0 Å². The number of hydrogen-bond donors (Lipinski definition) is 0. The number of hydrogen-bond acceptors (Lipinski definition) is 5. The van der Waals surface area contributed by atoms with E-state index in [1.54, 1.807) is 19.2 Å². The second-order valence-corrected chi connectivity index (χ2v) is 8.81. The molecule has 0 fully saturated rings. The summed E-state index contributed by atoms with van der Waals surface area (Å²) in [6, 6.07) is 21.4. The molecule has 2 aromatic carbocycles. The minimum atomic E-state index is -0.162. The summed E-state index contributed by atoms with van der Waals surface area (Å²) in [4.78, 5) is 19.3. The summed E-state index contributed by atoms with van der Waals surface area (Å²) in [5, 5.41) is 9.75.